The molecule has 0 aliphatic heterocycles. The Hall–Kier alpha value is -2.21. The van der Waals surface area contributed by atoms with Crippen molar-refractivity contribution in [3.8, 4) is 0 Å². The van der Waals surface area contributed by atoms with E-state index >= 15 is 0 Å². The maximum atomic E-state index is 13.1. The molecule has 6 nitrogen and oxygen atoms in total. The number of amides is 1. The van der Waals surface area contributed by atoms with E-state index in [0.29, 0.717) is 49.3 Å². The molecule has 2 aromatic rings. The van der Waals surface area contributed by atoms with Gasteiger partial charge in [0.1, 0.15) is 5.82 Å². The van der Waals surface area contributed by atoms with Gasteiger partial charge in [0.2, 0.25) is 5.91 Å². The molecule has 1 aromatic carbocycles. The molecule has 0 saturated heterocycles. The van der Waals surface area contributed by atoms with Crippen LogP contribution < -0.4 is 5.56 Å². The van der Waals surface area contributed by atoms with Gasteiger partial charge in [-0.1, -0.05) is 39.8 Å². The zero-order chi connectivity index (χ0) is 20.9. The Labute approximate surface area is 167 Å². The molecule has 6 heteroatoms. The molecule has 154 valence electrons. The third kappa shape index (κ3) is 4.98. The predicted octanol–water partition coefficient (Wildman–Crippen LogP) is 3.78. The molecule has 0 saturated carbocycles. The van der Waals surface area contributed by atoms with Crippen LogP contribution >= 0.6 is 0 Å². The minimum Gasteiger partial charge on any atom is -0.383 e. The van der Waals surface area contributed by atoms with Gasteiger partial charge in [-0.05, 0) is 30.9 Å². The lowest BCUT2D eigenvalue weighted by Gasteiger charge is -2.34. The van der Waals surface area contributed by atoms with Crippen LogP contribution in [0.5, 0.6) is 0 Å². The highest BCUT2D eigenvalue weighted by Gasteiger charge is 2.30. The van der Waals surface area contributed by atoms with Gasteiger partial charge in [0, 0.05) is 26.6 Å². The largest absolute Gasteiger partial charge is 0.383 e. The van der Waals surface area contributed by atoms with E-state index < -0.39 is 0 Å². The van der Waals surface area contributed by atoms with Crippen molar-refractivity contribution >= 4 is 16.8 Å². The second-order valence-electron chi connectivity index (χ2n) is 8.28. The molecule has 0 aliphatic carbocycles. The maximum Gasteiger partial charge on any atom is 0.261 e. The summed E-state index contributed by atoms with van der Waals surface area (Å²) in [6.07, 6.45) is 1.10. The molecule has 1 unspecified atom stereocenters. The first-order valence-corrected chi connectivity index (χ1v) is 10.0. The predicted molar refractivity (Wildman–Crippen MR) is 112 cm³/mol. The normalized spacial score (nSPS) is 12.9. The Morgan fingerprint density at radius 1 is 1.25 bits per heavy atom. The van der Waals surface area contributed by atoms with E-state index in [1.165, 1.54) is 0 Å². The first kappa shape index (κ1) is 22.1. The number of ether oxygens (including phenoxy) is 1. The number of methoxy groups -OCH3 is 1. The molecule has 1 aromatic heterocycles. The Kier molecular flexibility index (Phi) is 7.35. The fourth-order valence-corrected chi connectivity index (χ4v) is 3.49. The molecule has 0 N–H and O–H groups in total. The Morgan fingerprint density at radius 3 is 2.50 bits per heavy atom. The van der Waals surface area contributed by atoms with Crippen LogP contribution in [0, 0.1) is 5.41 Å². The second-order valence-corrected chi connectivity index (χ2v) is 8.28. The number of nitrogens with zero attached hydrogens (tertiary/aromatic N) is 3. The zero-order valence-electron chi connectivity index (χ0n) is 18.0. The van der Waals surface area contributed by atoms with Gasteiger partial charge in [-0.3, -0.25) is 14.2 Å². The third-order valence-corrected chi connectivity index (χ3v) is 4.81. The van der Waals surface area contributed by atoms with Crippen molar-refractivity contribution in [3.63, 3.8) is 0 Å². The van der Waals surface area contributed by atoms with Gasteiger partial charge in [0.05, 0.1) is 23.6 Å². The molecule has 0 spiro atoms. The van der Waals surface area contributed by atoms with Crippen LogP contribution in [0.15, 0.2) is 29.1 Å². The number of fused-ring (bicyclic) bond motifs is 1. The van der Waals surface area contributed by atoms with Gasteiger partial charge in [-0.15, -0.1) is 0 Å². The van der Waals surface area contributed by atoms with Crippen molar-refractivity contribution in [1.82, 2.24) is 14.5 Å². The summed E-state index contributed by atoms with van der Waals surface area (Å²) in [4.78, 5) is 32.8. The Bertz CT molecular complexity index is 867. The minimum absolute atomic E-state index is 0.0569. The van der Waals surface area contributed by atoms with E-state index in [9.17, 15) is 9.59 Å². The van der Waals surface area contributed by atoms with E-state index in [1.807, 2.05) is 36.9 Å². The van der Waals surface area contributed by atoms with Gasteiger partial charge in [0.15, 0.2) is 0 Å². The summed E-state index contributed by atoms with van der Waals surface area (Å²) in [6.45, 7) is 11.5. The lowest BCUT2D eigenvalue weighted by Crippen LogP contribution is -2.41. The van der Waals surface area contributed by atoms with E-state index in [1.54, 1.807) is 17.7 Å². The molecule has 0 aliphatic rings. The van der Waals surface area contributed by atoms with Gasteiger partial charge in [0.25, 0.3) is 5.56 Å². The van der Waals surface area contributed by atoms with Crippen molar-refractivity contribution < 1.29 is 9.53 Å². The third-order valence-electron chi connectivity index (χ3n) is 4.81. The van der Waals surface area contributed by atoms with Crippen LogP contribution in [0.25, 0.3) is 10.9 Å². The van der Waals surface area contributed by atoms with Crippen LogP contribution in [-0.2, 0) is 16.1 Å². The van der Waals surface area contributed by atoms with Crippen LogP contribution in [0.3, 0.4) is 0 Å². The molecule has 28 heavy (non-hydrogen) atoms. The molecule has 0 radical (unpaired) electrons. The van der Waals surface area contributed by atoms with Gasteiger partial charge >= 0.3 is 0 Å². The number of para-hydroxylation sites is 1. The van der Waals surface area contributed by atoms with E-state index in [0.717, 1.165) is 0 Å². The molecule has 2 rings (SSSR count). The summed E-state index contributed by atoms with van der Waals surface area (Å²) in [5.74, 6) is 0.702. The second kappa shape index (κ2) is 9.32. The number of carbonyl (C=O) groups excluding carboxylic acids is 1. The van der Waals surface area contributed by atoms with Gasteiger partial charge < -0.3 is 9.64 Å². The van der Waals surface area contributed by atoms with Crippen molar-refractivity contribution in [2.75, 3.05) is 20.3 Å². The SMILES string of the molecule is CCC(c1nc2ccccc2c(=O)n1CC)N(CCOC)C(=O)CC(C)(C)C. The van der Waals surface area contributed by atoms with Crippen molar-refractivity contribution in [1.29, 1.82) is 0 Å². The average molecular weight is 388 g/mol. The molecule has 0 fully saturated rings. The fourth-order valence-electron chi connectivity index (χ4n) is 3.49. The van der Waals surface area contributed by atoms with Crippen LogP contribution in [0.1, 0.15) is 59.3 Å². The average Bonchev–Trinajstić information content (AvgIpc) is 2.63. The van der Waals surface area contributed by atoms with E-state index in [-0.39, 0.29) is 22.9 Å². The summed E-state index contributed by atoms with van der Waals surface area (Å²) in [5.41, 5.74) is 0.485. The van der Waals surface area contributed by atoms with E-state index in [4.69, 9.17) is 9.72 Å². The summed E-state index contributed by atoms with van der Waals surface area (Å²) < 4.78 is 6.95. The molecule has 1 atom stereocenters. The summed E-state index contributed by atoms with van der Waals surface area (Å²) >= 11 is 0. The number of hydrogen-bond acceptors (Lipinski definition) is 4. The Balaban J connectivity index is 2.58. The maximum absolute atomic E-state index is 13.1. The van der Waals surface area contributed by atoms with Crippen molar-refractivity contribution in [3.05, 3.63) is 40.4 Å². The highest BCUT2D eigenvalue weighted by atomic mass is 16.5. The smallest absolute Gasteiger partial charge is 0.261 e. The lowest BCUT2D eigenvalue weighted by molar-refractivity contribution is -0.136. The number of benzene rings is 1. The highest BCUT2D eigenvalue weighted by Crippen LogP contribution is 2.27. The Morgan fingerprint density at radius 2 is 1.93 bits per heavy atom. The van der Waals surface area contributed by atoms with Gasteiger partial charge in [-0.25, -0.2) is 4.98 Å². The minimum atomic E-state index is -0.276. The standard InChI is InChI=1S/C22H33N3O3/c1-7-18(25(13-14-28-6)19(26)15-22(3,4)5)20-23-17-12-10-9-11-16(17)21(27)24(20)8-2/h9-12,18H,7-8,13-15H2,1-6H3. The van der Waals surface area contributed by atoms with Crippen LogP contribution in [0.2, 0.25) is 0 Å². The number of rotatable bonds is 8. The monoisotopic (exact) mass is 387 g/mol. The molecular weight excluding hydrogens is 354 g/mol. The first-order chi connectivity index (χ1) is 13.2. The number of carbonyl (C=O) groups is 1. The number of aromatic nitrogens is 2. The molecule has 1 amide bonds. The molecule has 0 bridgehead atoms. The van der Waals surface area contributed by atoms with Crippen LogP contribution in [-0.4, -0.2) is 40.6 Å². The van der Waals surface area contributed by atoms with Crippen LogP contribution in [0.4, 0.5) is 0 Å². The highest BCUT2D eigenvalue weighted by molar-refractivity contribution is 5.78. The zero-order valence-corrected chi connectivity index (χ0v) is 18.0. The summed E-state index contributed by atoms with van der Waals surface area (Å²) in [5, 5.41) is 0.604. The van der Waals surface area contributed by atoms with E-state index in [2.05, 4.69) is 20.8 Å². The van der Waals surface area contributed by atoms with Gasteiger partial charge in [-0.2, -0.15) is 0 Å². The lowest BCUT2D eigenvalue weighted by atomic mass is 9.91. The topological polar surface area (TPSA) is 64.4 Å². The fraction of sp³-hybridized carbons (Fsp3) is 0.591. The quantitative estimate of drug-likeness (QED) is 0.691. The molecular formula is C22H33N3O3. The van der Waals surface area contributed by atoms with Crippen molar-refractivity contribution in [2.24, 2.45) is 5.41 Å². The first-order valence-electron chi connectivity index (χ1n) is 10.0. The summed E-state index contributed by atoms with van der Waals surface area (Å²) in [7, 11) is 1.63. The number of hydrogen-bond donors (Lipinski definition) is 0. The van der Waals surface area contributed by atoms with Crippen molar-refractivity contribution in [2.45, 2.75) is 60.0 Å². The summed E-state index contributed by atoms with van der Waals surface area (Å²) in [6, 6.07) is 7.10. The molecule has 1 heterocycles.